The van der Waals surface area contributed by atoms with Crippen molar-refractivity contribution in [1.82, 2.24) is 0 Å². The summed E-state index contributed by atoms with van der Waals surface area (Å²) in [5, 5.41) is 10.1. The standard InChI is InChI=1S/C9H10O4/c1-12-7-4-2-3-5-8(7)13-6-9(10)11/h2-5H,6H2,1H3,(H,10,11)/p-1. The highest BCUT2D eigenvalue weighted by Gasteiger charge is 2.01. The van der Waals surface area contributed by atoms with Crippen molar-refractivity contribution in [1.29, 1.82) is 0 Å². The summed E-state index contributed by atoms with van der Waals surface area (Å²) in [7, 11) is 1.49. The number of hydrogen-bond donors (Lipinski definition) is 0. The summed E-state index contributed by atoms with van der Waals surface area (Å²) in [5.41, 5.74) is 0. The van der Waals surface area contributed by atoms with Gasteiger partial charge in [0, 0.05) is 0 Å². The maximum absolute atomic E-state index is 10.1. The van der Waals surface area contributed by atoms with E-state index in [1.165, 1.54) is 7.11 Å². The molecule has 1 rings (SSSR count). The van der Waals surface area contributed by atoms with Gasteiger partial charge in [-0.15, -0.1) is 0 Å². The molecule has 0 atom stereocenters. The van der Waals surface area contributed by atoms with E-state index in [1.54, 1.807) is 24.3 Å². The number of carbonyl (C=O) groups excluding carboxylic acids is 1. The average Bonchev–Trinajstić information content (AvgIpc) is 2.15. The van der Waals surface area contributed by atoms with E-state index < -0.39 is 12.6 Å². The van der Waals surface area contributed by atoms with Gasteiger partial charge in [-0.25, -0.2) is 0 Å². The minimum Gasteiger partial charge on any atom is -0.546 e. The van der Waals surface area contributed by atoms with Gasteiger partial charge in [0.1, 0.15) is 6.61 Å². The molecule has 4 nitrogen and oxygen atoms in total. The topological polar surface area (TPSA) is 58.6 Å². The molecular formula is C9H9O4-. The Morgan fingerprint density at radius 2 is 2.00 bits per heavy atom. The van der Waals surface area contributed by atoms with Gasteiger partial charge in [0.25, 0.3) is 0 Å². The van der Waals surface area contributed by atoms with Crippen LogP contribution in [0.1, 0.15) is 0 Å². The average molecular weight is 181 g/mol. The minimum atomic E-state index is -1.26. The number of aliphatic carboxylic acids is 1. The second kappa shape index (κ2) is 4.35. The molecule has 1 aromatic carbocycles. The van der Waals surface area contributed by atoms with E-state index in [4.69, 9.17) is 9.47 Å². The molecule has 0 spiro atoms. The van der Waals surface area contributed by atoms with E-state index in [0.717, 1.165) is 0 Å². The van der Waals surface area contributed by atoms with Gasteiger partial charge < -0.3 is 19.4 Å². The lowest BCUT2D eigenvalue weighted by Gasteiger charge is -2.09. The zero-order valence-electron chi connectivity index (χ0n) is 7.15. The molecule has 0 saturated carbocycles. The Morgan fingerprint density at radius 3 is 2.54 bits per heavy atom. The van der Waals surface area contributed by atoms with Crippen LogP contribution in [-0.4, -0.2) is 19.7 Å². The first-order valence-electron chi connectivity index (χ1n) is 3.69. The summed E-state index contributed by atoms with van der Waals surface area (Å²) in [6.07, 6.45) is 0. The van der Waals surface area contributed by atoms with Gasteiger partial charge in [0.15, 0.2) is 11.5 Å². The molecule has 70 valence electrons. The largest absolute Gasteiger partial charge is 0.546 e. The van der Waals surface area contributed by atoms with Crippen LogP contribution in [0.15, 0.2) is 24.3 Å². The first kappa shape index (κ1) is 9.38. The molecule has 0 aliphatic carbocycles. The van der Waals surface area contributed by atoms with Crippen molar-refractivity contribution in [2.24, 2.45) is 0 Å². The van der Waals surface area contributed by atoms with Gasteiger partial charge in [-0.05, 0) is 12.1 Å². The maximum Gasteiger partial charge on any atom is 0.161 e. The third-order valence-electron chi connectivity index (χ3n) is 1.41. The van der Waals surface area contributed by atoms with Crippen molar-refractivity contribution >= 4 is 5.97 Å². The lowest BCUT2D eigenvalue weighted by atomic mass is 10.3. The normalized spacial score (nSPS) is 9.31. The number of methoxy groups -OCH3 is 1. The molecule has 0 bridgehead atoms. The van der Waals surface area contributed by atoms with Crippen molar-refractivity contribution in [3.8, 4) is 11.5 Å². The molecule has 4 heteroatoms. The van der Waals surface area contributed by atoms with Crippen LogP contribution in [0.5, 0.6) is 11.5 Å². The van der Waals surface area contributed by atoms with E-state index in [1.807, 2.05) is 0 Å². The Bertz CT molecular complexity index is 295. The van der Waals surface area contributed by atoms with E-state index >= 15 is 0 Å². The van der Waals surface area contributed by atoms with Crippen molar-refractivity contribution < 1.29 is 19.4 Å². The molecular weight excluding hydrogens is 172 g/mol. The number of rotatable bonds is 4. The zero-order chi connectivity index (χ0) is 9.68. The van der Waals surface area contributed by atoms with Gasteiger partial charge in [-0.3, -0.25) is 0 Å². The maximum atomic E-state index is 10.1. The molecule has 1 aromatic rings. The van der Waals surface area contributed by atoms with Gasteiger partial charge in [-0.2, -0.15) is 0 Å². The molecule has 13 heavy (non-hydrogen) atoms. The molecule has 0 aliphatic heterocycles. The van der Waals surface area contributed by atoms with Crippen molar-refractivity contribution in [3.05, 3.63) is 24.3 Å². The predicted octanol–water partition coefficient (Wildman–Crippen LogP) is -0.176. The summed E-state index contributed by atoms with van der Waals surface area (Å²) in [4.78, 5) is 10.1. The molecule has 0 saturated heterocycles. The second-order valence-corrected chi connectivity index (χ2v) is 2.31. The van der Waals surface area contributed by atoms with Crippen molar-refractivity contribution in [2.45, 2.75) is 0 Å². The fraction of sp³-hybridized carbons (Fsp3) is 0.222. The lowest BCUT2D eigenvalue weighted by molar-refractivity contribution is -0.307. The van der Waals surface area contributed by atoms with Crippen LogP contribution in [0, 0.1) is 0 Å². The van der Waals surface area contributed by atoms with Gasteiger partial charge in [0.2, 0.25) is 0 Å². The van der Waals surface area contributed by atoms with Crippen LogP contribution in [0.2, 0.25) is 0 Å². The molecule has 0 fully saturated rings. The fourth-order valence-electron chi connectivity index (χ4n) is 0.875. The highest BCUT2D eigenvalue weighted by molar-refractivity contribution is 5.66. The SMILES string of the molecule is COc1ccccc1OCC(=O)[O-]. The van der Waals surface area contributed by atoms with Crippen LogP contribution in [0.25, 0.3) is 0 Å². The Hall–Kier alpha value is -1.71. The number of ether oxygens (including phenoxy) is 2. The highest BCUT2D eigenvalue weighted by Crippen LogP contribution is 2.25. The Morgan fingerprint density at radius 1 is 1.38 bits per heavy atom. The molecule has 0 amide bonds. The molecule has 0 aromatic heterocycles. The quantitative estimate of drug-likeness (QED) is 0.646. The Kier molecular flexibility index (Phi) is 3.14. The lowest BCUT2D eigenvalue weighted by Crippen LogP contribution is -2.29. The highest BCUT2D eigenvalue weighted by atomic mass is 16.5. The summed E-state index contributed by atoms with van der Waals surface area (Å²) in [6.45, 7) is -0.472. The fourth-order valence-corrected chi connectivity index (χ4v) is 0.875. The van der Waals surface area contributed by atoms with E-state index in [9.17, 15) is 9.90 Å². The van der Waals surface area contributed by atoms with Crippen molar-refractivity contribution in [3.63, 3.8) is 0 Å². The number of para-hydroxylation sites is 2. The predicted molar refractivity (Wildman–Crippen MR) is 43.5 cm³/mol. The zero-order valence-corrected chi connectivity index (χ0v) is 7.15. The molecule has 0 aliphatic rings. The summed E-state index contributed by atoms with van der Waals surface area (Å²) in [5.74, 6) is -0.358. The third-order valence-corrected chi connectivity index (χ3v) is 1.41. The summed E-state index contributed by atoms with van der Waals surface area (Å²) < 4.78 is 9.84. The number of carbonyl (C=O) groups is 1. The number of carboxylic acid groups (broad SMARTS) is 1. The second-order valence-electron chi connectivity index (χ2n) is 2.31. The number of carboxylic acids is 1. The van der Waals surface area contributed by atoms with Gasteiger partial charge >= 0.3 is 0 Å². The molecule has 0 unspecified atom stereocenters. The smallest absolute Gasteiger partial charge is 0.161 e. The number of benzene rings is 1. The first-order valence-corrected chi connectivity index (χ1v) is 3.69. The third kappa shape index (κ3) is 2.66. The van der Waals surface area contributed by atoms with Gasteiger partial charge in [0.05, 0.1) is 13.1 Å². The van der Waals surface area contributed by atoms with Crippen LogP contribution in [-0.2, 0) is 4.79 Å². The Labute approximate surface area is 75.7 Å². The summed E-state index contributed by atoms with van der Waals surface area (Å²) >= 11 is 0. The molecule has 0 radical (unpaired) electrons. The van der Waals surface area contributed by atoms with E-state index in [2.05, 4.69) is 0 Å². The Balaban J connectivity index is 2.69. The summed E-state index contributed by atoms with van der Waals surface area (Å²) in [6, 6.07) is 6.81. The van der Waals surface area contributed by atoms with E-state index in [-0.39, 0.29) is 0 Å². The van der Waals surface area contributed by atoms with Gasteiger partial charge in [-0.1, -0.05) is 12.1 Å². The minimum absolute atomic E-state index is 0.397. The van der Waals surface area contributed by atoms with Crippen LogP contribution >= 0.6 is 0 Å². The number of hydrogen-bond acceptors (Lipinski definition) is 4. The van der Waals surface area contributed by atoms with E-state index in [0.29, 0.717) is 11.5 Å². The van der Waals surface area contributed by atoms with Crippen LogP contribution in [0.4, 0.5) is 0 Å². The molecule has 0 heterocycles. The molecule has 0 N–H and O–H groups in total. The first-order chi connectivity index (χ1) is 6.24. The monoisotopic (exact) mass is 181 g/mol. The van der Waals surface area contributed by atoms with Crippen molar-refractivity contribution in [2.75, 3.05) is 13.7 Å². The van der Waals surface area contributed by atoms with Crippen LogP contribution < -0.4 is 14.6 Å². The van der Waals surface area contributed by atoms with Crippen LogP contribution in [0.3, 0.4) is 0 Å².